The Hall–Kier alpha value is -1.55. The summed E-state index contributed by atoms with van der Waals surface area (Å²) in [5.41, 5.74) is 7.68. The second-order valence-corrected chi connectivity index (χ2v) is 9.02. The summed E-state index contributed by atoms with van der Waals surface area (Å²) in [6.07, 6.45) is 2.78. The highest BCUT2D eigenvalue weighted by molar-refractivity contribution is 5.92. The molecule has 2 bridgehead atoms. The second-order valence-electron chi connectivity index (χ2n) is 9.02. The van der Waals surface area contributed by atoms with Crippen LogP contribution in [0.5, 0.6) is 0 Å². The van der Waals surface area contributed by atoms with E-state index in [9.17, 15) is 5.11 Å². The maximum atomic E-state index is 11.5. The molecule has 9 atom stereocenters. The van der Waals surface area contributed by atoms with E-state index >= 15 is 0 Å². The molecule has 4 N–H and O–H groups in total. The minimum Gasteiger partial charge on any atom is -0.387 e. The van der Waals surface area contributed by atoms with Gasteiger partial charge in [-0.1, -0.05) is 12.1 Å². The fourth-order valence-electron chi connectivity index (χ4n) is 8.06. The van der Waals surface area contributed by atoms with E-state index in [1.807, 2.05) is 12.1 Å². The van der Waals surface area contributed by atoms with Crippen molar-refractivity contribution in [2.24, 2.45) is 58.1 Å². The standard InChI is InChI=1S/C20H25N3O/c1-9-3-2-4-10(5-9)23-19(21)22-8-20(24)17-12-7-13-15-11(12)6-14(17)16(15)18(13)20/h2-5,11-18,24H,6-8H2,1H3,(H3,21,22,23). The Morgan fingerprint density at radius 1 is 1.21 bits per heavy atom. The van der Waals surface area contributed by atoms with Gasteiger partial charge in [0.15, 0.2) is 5.96 Å². The highest BCUT2D eigenvalue weighted by Gasteiger charge is 2.84. The molecular weight excluding hydrogens is 298 g/mol. The third-order valence-electron chi connectivity index (χ3n) is 8.31. The topological polar surface area (TPSA) is 70.6 Å². The molecule has 24 heavy (non-hydrogen) atoms. The molecule has 1 aromatic rings. The van der Waals surface area contributed by atoms with E-state index in [0.717, 1.165) is 41.2 Å². The predicted octanol–water partition coefficient (Wildman–Crippen LogP) is 2.23. The van der Waals surface area contributed by atoms with E-state index in [1.165, 1.54) is 18.4 Å². The fourth-order valence-corrected chi connectivity index (χ4v) is 8.06. The molecule has 0 spiro atoms. The Morgan fingerprint density at radius 2 is 2.00 bits per heavy atom. The van der Waals surface area contributed by atoms with Gasteiger partial charge in [0.2, 0.25) is 0 Å². The number of rotatable bonds is 3. The van der Waals surface area contributed by atoms with Crippen molar-refractivity contribution in [3.63, 3.8) is 0 Å². The maximum absolute atomic E-state index is 11.5. The molecular formula is C20H25N3O. The Labute approximate surface area is 142 Å². The summed E-state index contributed by atoms with van der Waals surface area (Å²) in [4.78, 5) is 4.58. The molecule has 1 aromatic carbocycles. The lowest BCUT2D eigenvalue weighted by molar-refractivity contribution is -0.123. The number of nitrogens with two attached hydrogens (primary N) is 1. The summed E-state index contributed by atoms with van der Waals surface area (Å²) in [5.74, 6) is 6.52. The number of hydrogen-bond donors (Lipinski definition) is 3. The Kier molecular flexibility index (Phi) is 2.37. The Bertz CT molecular complexity index is 755. The first-order valence-corrected chi connectivity index (χ1v) is 9.44. The molecule has 6 rings (SSSR count). The van der Waals surface area contributed by atoms with E-state index in [0.29, 0.717) is 24.3 Å². The monoisotopic (exact) mass is 323 g/mol. The molecule has 126 valence electrons. The zero-order valence-corrected chi connectivity index (χ0v) is 14.0. The molecule has 4 heteroatoms. The summed E-state index contributed by atoms with van der Waals surface area (Å²) in [6, 6.07) is 8.12. The van der Waals surface area contributed by atoms with Crippen LogP contribution in [-0.4, -0.2) is 23.2 Å². The normalized spacial score (nSPS) is 52.2. The van der Waals surface area contributed by atoms with Crippen molar-refractivity contribution in [1.29, 1.82) is 0 Å². The minimum absolute atomic E-state index is 0.423. The number of benzene rings is 1. The molecule has 5 fully saturated rings. The molecule has 0 heterocycles. The molecule has 4 nitrogen and oxygen atoms in total. The van der Waals surface area contributed by atoms with Crippen molar-refractivity contribution in [2.75, 3.05) is 11.9 Å². The summed E-state index contributed by atoms with van der Waals surface area (Å²) < 4.78 is 0. The number of hydrogen-bond acceptors (Lipinski definition) is 2. The quantitative estimate of drug-likeness (QED) is 0.590. The number of fused-ring (bicyclic) bond motifs is 2. The van der Waals surface area contributed by atoms with Gasteiger partial charge in [0.05, 0.1) is 12.1 Å². The number of aliphatic hydroxyl groups is 1. The average molecular weight is 323 g/mol. The SMILES string of the molecule is Cc1cccc(NC(N)=NCC2(O)C3C4CC5C6C4CC3C6C52)c1. The first-order chi connectivity index (χ1) is 11.6. The number of nitrogens with zero attached hydrogens (tertiary/aromatic N) is 1. The van der Waals surface area contributed by atoms with Crippen LogP contribution in [0.3, 0.4) is 0 Å². The van der Waals surface area contributed by atoms with E-state index in [-0.39, 0.29) is 0 Å². The molecule has 0 amide bonds. The first-order valence-electron chi connectivity index (χ1n) is 9.44. The van der Waals surface area contributed by atoms with Crippen LogP contribution in [0.1, 0.15) is 18.4 Å². The van der Waals surface area contributed by atoms with Gasteiger partial charge < -0.3 is 16.2 Å². The van der Waals surface area contributed by atoms with E-state index in [4.69, 9.17) is 5.73 Å². The van der Waals surface area contributed by atoms with Gasteiger partial charge in [-0.3, -0.25) is 4.99 Å². The lowest BCUT2D eigenvalue weighted by Gasteiger charge is -2.51. The van der Waals surface area contributed by atoms with Crippen LogP contribution in [0.15, 0.2) is 29.3 Å². The summed E-state index contributed by atoms with van der Waals surface area (Å²) in [5, 5.41) is 14.7. The number of anilines is 1. The van der Waals surface area contributed by atoms with Crippen LogP contribution in [-0.2, 0) is 0 Å². The van der Waals surface area contributed by atoms with Gasteiger partial charge in [0.25, 0.3) is 0 Å². The van der Waals surface area contributed by atoms with Crippen molar-refractivity contribution in [1.82, 2.24) is 0 Å². The van der Waals surface area contributed by atoms with E-state index in [2.05, 4.69) is 29.4 Å². The van der Waals surface area contributed by atoms with Crippen LogP contribution >= 0.6 is 0 Å². The van der Waals surface area contributed by atoms with Gasteiger partial charge in [0, 0.05) is 5.69 Å². The smallest absolute Gasteiger partial charge is 0.193 e. The van der Waals surface area contributed by atoms with Crippen molar-refractivity contribution in [3.05, 3.63) is 29.8 Å². The molecule has 0 radical (unpaired) electrons. The van der Waals surface area contributed by atoms with Crippen LogP contribution in [0.25, 0.3) is 0 Å². The van der Waals surface area contributed by atoms with Crippen LogP contribution < -0.4 is 11.1 Å². The third-order valence-corrected chi connectivity index (χ3v) is 8.31. The molecule has 5 aliphatic carbocycles. The minimum atomic E-state index is -0.580. The lowest BCUT2D eigenvalue weighted by atomic mass is 9.56. The van der Waals surface area contributed by atoms with Crippen LogP contribution in [0, 0.1) is 54.3 Å². The predicted molar refractivity (Wildman–Crippen MR) is 93.4 cm³/mol. The largest absolute Gasteiger partial charge is 0.387 e. The van der Waals surface area contributed by atoms with Gasteiger partial charge in [-0.15, -0.1) is 0 Å². The summed E-state index contributed by atoms with van der Waals surface area (Å²) in [6.45, 7) is 2.54. The molecule has 0 aromatic heterocycles. The fraction of sp³-hybridized carbons (Fsp3) is 0.650. The number of aryl methyl sites for hydroxylation is 1. The molecule has 5 aliphatic rings. The first kappa shape index (κ1) is 13.7. The van der Waals surface area contributed by atoms with Crippen molar-refractivity contribution < 1.29 is 5.11 Å². The summed E-state index contributed by atoms with van der Waals surface area (Å²) >= 11 is 0. The van der Waals surface area contributed by atoms with Crippen molar-refractivity contribution in [2.45, 2.75) is 25.4 Å². The van der Waals surface area contributed by atoms with Crippen LogP contribution in [0.4, 0.5) is 5.69 Å². The molecule has 0 saturated heterocycles. The number of guanidine groups is 1. The zero-order valence-electron chi connectivity index (χ0n) is 14.0. The molecule has 5 saturated carbocycles. The highest BCUT2D eigenvalue weighted by Crippen LogP contribution is 2.85. The zero-order chi connectivity index (χ0) is 16.2. The van der Waals surface area contributed by atoms with Gasteiger partial charge >= 0.3 is 0 Å². The number of aliphatic imine (C=N–C) groups is 1. The Morgan fingerprint density at radius 3 is 2.83 bits per heavy atom. The molecule has 9 unspecified atom stereocenters. The van der Waals surface area contributed by atoms with Crippen LogP contribution in [0.2, 0.25) is 0 Å². The average Bonchev–Trinajstić information content (AvgIpc) is 3.04. The van der Waals surface area contributed by atoms with Crippen molar-refractivity contribution >= 4 is 11.6 Å². The van der Waals surface area contributed by atoms with Gasteiger partial charge in [-0.05, 0) is 84.8 Å². The molecule has 0 aliphatic heterocycles. The third kappa shape index (κ3) is 1.40. The second kappa shape index (κ2) is 4.16. The number of nitrogens with one attached hydrogen (secondary N) is 1. The van der Waals surface area contributed by atoms with E-state index in [1.54, 1.807) is 0 Å². The maximum Gasteiger partial charge on any atom is 0.193 e. The Balaban J connectivity index is 1.24. The van der Waals surface area contributed by atoms with Gasteiger partial charge in [-0.2, -0.15) is 0 Å². The summed E-state index contributed by atoms with van der Waals surface area (Å²) in [7, 11) is 0. The van der Waals surface area contributed by atoms with Crippen molar-refractivity contribution in [3.8, 4) is 0 Å². The lowest BCUT2D eigenvalue weighted by Crippen LogP contribution is -2.56. The van der Waals surface area contributed by atoms with E-state index < -0.39 is 5.60 Å². The van der Waals surface area contributed by atoms with Gasteiger partial charge in [-0.25, -0.2) is 0 Å². The van der Waals surface area contributed by atoms with Gasteiger partial charge in [0.1, 0.15) is 0 Å². The highest BCUT2D eigenvalue weighted by atomic mass is 16.3.